The highest BCUT2D eigenvalue weighted by atomic mass is 32.1. The van der Waals surface area contributed by atoms with Gasteiger partial charge in [-0.1, -0.05) is 11.3 Å². The van der Waals surface area contributed by atoms with Gasteiger partial charge in [-0.25, -0.2) is 9.67 Å². The van der Waals surface area contributed by atoms with Crippen molar-refractivity contribution in [2.24, 2.45) is 7.05 Å². The Bertz CT molecular complexity index is 536. The Morgan fingerprint density at radius 3 is 2.78 bits per heavy atom. The zero-order chi connectivity index (χ0) is 12.9. The summed E-state index contributed by atoms with van der Waals surface area (Å²) in [7, 11) is 6.27. The maximum atomic E-state index is 4.74. The summed E-state index contributed by atoms with van der Waals surface area (Å²) in [6.45, 7) is 4.24. The Labute approximate surface area is 111 Å². The van der Waals surface area contributed by atoms with Gasteiger partial charge in [-0.2, -0.15) is 5.10 Å². The van der Waals surface area contributed by atoms with E-state index in [1.54, 1.807) is 11.3 Å². The van der Waals surface area contributed by atoms with Crippen molar-refractivity contribution in [2.75, 3.05) is 32.1 Å². The van der Waals surface area contributed by atoms with Crippen LogP contribution in [0.3, 0.4) is 0 Å². The average molecular weight is 265 g/mol. The number of rotatable bonds is 2. The first-order valence-corrected chi connectivity index (χ1v) is 7.09. The number of thiazole rings is 1. The first-order valence-electron chi connectivity index (χ1n) is 6.28. The van der Waals surface area contributed by atoms with Gasteiger partial charge in [-0.15, -0.1) is 0 Å². The molecule has 1 fully saturated rings. The van der Waals surface area contributed by atoms with Gasteiger partial charge in [0.05, 0.1) is 10.4 Å². The van der Waals surface area contributed by atoms with Gasteiger partial charge in [-0.05, 0) is 27.4 Å². The molecule has 3 rings (SSSR count). The molecule has 2 aromatic rings. The fourth-order valence-electron chi connectivity index (χ4n) is 2.55. The third-order valence-corrected chi connectivity index (χ3v) is 4.91. The largest absolute Gasteiger partial charge is 0.346 e. The summed E-state index contributed by atoms with van der Waals surface area (Å²) < 4.78 is 3.10. The molecule has 0 radical (unpaired) electrons. The summed E-state index contributed by atoms with van der Waals surface area (Å²) >= 11 is 1.77. The summed E-state index contributed by atoms with van der Waals surface area (Å²) in [4.78, 5) is 9.44. The first kappa shape index (κ1) is 11.9. The summed E-state index contributed by atoms with van der Waals surface area (Å²) in [5.74, 6) is 0. The van der Waals surface area contributed by atoms with Gasteiger partial charge >= 0.3 is 0 Å². The monoisotopic (exact) mass is 265 g/mol. The number of likely N-dealkylation sites (N-methyl/N-ethyl adjacent to an activating group) is 1. The van der Waals surface area contributed by atoms with E-state index in [0.29, 0.717) is 6.04 Å². The Morgan fingerprint density at radius 1 is 1.39 bits per heavy atom. The first-order chi connectivity index (χ1) is 8.56. The van der Waals surface area contributed by atoms with E-state index in [2.05, 4.69) is 35.9 Å². The molecule has 6 heteroatoms. The minimum absolute atomic E-state index is 0.649. The normalized spacial score (nSPS) is 20.5. The molecule has 5 nitrogen and oxygen atoms in total. The molecular weight excluding hydrogens is 246 g/mol. The molecule has 0 N–H and O–H groups in total. The van der Waals surface area contributed by atoms with Crippen molar-refractivity contribution in [3.05, 3.63) is 5.69 Å². The van der Waals surface area contributed by atoms with Gasteiger partial charge in [0, 0.05) is 26.2 Å². The lowest BCUT2D eigenvalue weighted by Crippen LogP contribution is -2.31. The molecule has 0 bridgehead atoms. The van der Waals surface area contributed by atoms with Gasteiger partial charge in [0.2, 0.25) is 0 Å². The van der Waals surface area contributed by atoms with Crippen LogP contribution in [-0.4, -0.2) is 52.9 Å². The van der Waals surface area contributed by atoms with E-state index in [1.165, 1.54) is 11.1 Å². The second kappa shape index (κ2) is 4.20. The van der Waals surface area contributed by atoms with E-state index in [4.69, 9.17) is 4.98 Å². The molecule has 1 atom stereocenters. The molecule has 2 aromatic heterocycles. The van der Waals surface area contributed by atoms with Crippen molar-refractivity contribution < 1.29 is 0 Å². The topological polar surface area (TPSA) is 37.2 Å². The van der Waals surface area contributed by atoms with Gasteiger partial charge in [-0.3, -0.25) is 0 Å². The summed E-state index contributed by atoms with van der Waals surface area (Å²) in [5.41, 5.74) is 2.10. The second-order valence-corrected chi connectivity index (χ2v) is 6.19. The number of fused-ring (bicyclic) bond motifs is 1. The lowest BCUT2D eigenvalue weighted by Gasteiger charge is -2.19. The molecular formula is C12H19N5S. The van der Waals surface area contributed by atoms with Crippen LogP contribution in [0.1, 0.15) is 12.1 Å². The fourth-order valence-corrected chi connectivity index (χ4v) is 3.61. The lowest BCUT2D eigenvalue weighted by atomic mass is 10.2. The van der Waals surface area contributed by atoms with E-state index in [1.807, 2.05) is 11.7 Å². The van der Waals surface area contributed by atoms with Crippen LogP contribution in [0.4, 0.5) is 5.13 Å². The van der Waals surface area contributed by atoms with Gasteiger partial charge in [0.1, 0.15) is 0 Å². The minimum atomic E-state index is 0.649. The second-order valence-electron chi connectivity index (χ2n) is 5.21. The van der Waals surface area contributed by atoms with E-state index in [-0.39, 0.29) is 0 Å². The molecule has 1 unspecified atom stereocenters. The van der Waals surface area contributed by atoms with Gasteiger partial charge in [0.25, 0.3) is 0 Å². The Hall–Kier alpha value is -1.14. The number of hydrogen-bond acceptors (Lipinski definition) is 5. The third-order valence-electron chi connectivity index (χ3n) is 3.70. The van der Waals surface area contributed by atoms with Crippen LogP contribution < -0.4 is 4.90 Å². The Morgan fingerprint density at radius 2 is 2.17 bits per heavy atom. The standard InChI is InChI=1S/C12H19N5S/c1-8-10-11(16(4)14-8)13-12(18-10)17-6-5-9(7-17)15(2)3/h9H,5-7H2,1-4H3. The molecule has 0 saturated carbocycles. The van der Waals surface area contributed by atoms with Crippen LogP contribution in [0.25, 0.3) is 10.3 Å². The molecule has 18 heavy (non-hydrogen) atoms. The van der Waals surface area contributed by atoms with Crippen molar-refractivity contribution in [2.45, 2.75) is 19.4 Å². The van der Waals surface area contributed by atoms with Crippen LogP contribution >= 0.6 is 11.3 Å². The van der Waals surface area contributed by atoms with E-state index >= 15 is 0 Å². The maximum absolute atomic E-state index is 4.74. The van der Waals surface area contributed by atoms with Gasteiger partial charge in [0.15, 0.2) is 10.8 Å². The quantitative estimate of drug-likeness (QED) is 0.824. The number of nitrogens with zero attached hydrogens (tertiary/aromatic N) is 5. The number of hydrogen-bond donors (Lipinski definition) is 0. The van der Waals surface area contributed by atoms with E-state index in [0.717, 1.165) is 29.6 Å². The predicted molar refractivity (Wildman–Crippen MR) is 75.4 cm³/mol. The van der Waals surface area contributed by atoms with Crippen LogP contribution in [0, 0.1) is 6.92 Å². The molecule has 1 aliphatic rings. The fraction of sp³-hybridized carbons (Fsp3) is 0.667. The minimum Gasteiger partial charge on any atom is -0.346 e. The molecule has 0 aromatic carbocycles. The highest BCUT2D eigenvalue weighted by Crippen LogP contribution is 2.32. The SMILES string of the molecule is Cc1nn(C)c2nc(N3CCC(N(C)C)C3)sc12. The highest BCUT2D eigenvalue weighted by Gasteiger charge is 2.26. The van der Waals surface area contributed by atoms with Crippen LogP contribution in [0.2, 0.25) is 0 Å². The van der Waals surface area contributed by atoms with Crippen LogP contribution in [0.15, 0.2) is 0 Å². The summed E-state index contributed by atoms with van der Waals surface area (Å²) in [5, 5.41) is 5.54. The zero-order valence-corrected chi connectivity index (χ0v) is 12.2. The van der Waals surface area contributed by atoms with Crippen molar-refractivity contribution in [3.8, 4) is 0 Å². The molecule has 98 valence electrons. The average Bonchev–Trinajstić information content (AvgIpc) is 2.98. The maximum Gasteiger partial charge on any atom is 0.188 e. The molecule has 0 spiro atoms. The molecule has 0 aliphatic carbocycles. The van der Waals surface area contributed by atoms with Crippen LogP contribution in [0.5, 0.6) is 0 Å². The van der Waals surface area contributed by atoms with Crippen molar-refractivity contribution in [3.63, 3.8) is 0 Å². The Kier molecular flexibility index (Phi) is 2.79. The number of aromatic nitrogens is 3. The molecule has 1 aliphatic heterocycles. The highest BCUT2D eigenvalue weighted by molar-refractivity contribution is 7.22. The summed E-state index contributed by atoms with van der Waals surface area (Å²) in [6.07, 6.45) is 1.22. The number of aryl methyl sites for hydroxylation is 2. The molecule has 0 amide bonds. The van der Waals surface area contributed by atoms with E-state index in [9.17, 15) is 0 Å². The smallest absolute Gasteiger partial charge is 0.188 e. The Balaban J connectivity index is 1.89. The summed E-state index contributed by atoms with van der Waals surface area (Å²) in [6, 6.07) is 0.649. The zero-order valence-electron chi connectivity index (χ0n) is 11.3. The van der Waals surface area contributed by atoms with Crippen molar-refractivity contribution in [1.82, 2.24) is 19.7 Å². The van der Waals surface area contributed by atoms with Crippen LogP contribution in [-0.2, 0) is 7.05 Å². The van der Waals surface area contributed by atoms with Crippen molar-refractivity contribution >= 4 is 26.8 Å². The van der Waals surface area contributed by atoms with E-state index < -0.39 is 0 Å². The predicted octanol–water partition coefficient (Wildman–Crippen LogP) is 1.48. The third kappa shape index (κ3) is 1.80. The molecule has 1 saturated heterocycles. The number of anilines is 1. The lowest BCUT2D eigenvalue weighted by molar-refractivity contribution is 0.315. The molecule has 3 heterocycles. The van der Waals surface area contributed by atoms with Crippen molar-refractivity contribution in [1.29, 1.82) is 0 Å². The van der Waals surface area contributed by atoms with Gasteiger partial charge < -0.3 is 9.80 Å².